The molecule has 0 spiro atoms. The maximum atomic E-state index is 5.63. The summed E-state index contributed by atoms with van der Waals surface area (Å²) in [5, 5.41) is 9.27. The van der Waals surface area contributed by atoms with Gasteiger partial charge >= 0.3 is 0 Å². The van der Waals surface area contributed by atoms with Crippen molar-refractivity contribution in [1.82, 2.24) is 14.8 Å². The average molecular weight is 432 g/mol. The van der Waals surface area contributed by atoms with Crippen LogP contribution in [0.4, 0.5) is 0 Å². The number of aromatic nitrogens is 3. The lowest BCUT2D eigenvalue weighted by Gasteiger charge is -2.14. The normalized spacial score (nSPS) is 10.8. The fourth-order valence-electron chi connectivity index (χ4n) is 4.17. The zero-order chi connectivity index (χ0) is 22.5. The van der Waals surface area contributed by atoms with Crippen LogP contribution >= 0.6 is 0 Å². The van der Waals surface area contributed by atoms with E-state index in [2.05, 4.69) is 87.6 Å². The molecule has 4 heteroatoms. The Hall–Kier alpha value is -4.18. The topological polar surface area (TPSA) is 39.9 Å². The molecule has 0 atom stereocenters. The van der Waals surface area contributed by atoms with Crippen LogP contribution in [0.3, 0.4) is 0 Å². The van der Waals surface area contributed by atoms with E-state index >= 15 is 0 Å². The Morgan fingerprint density at radius 1 is 0.667 bits per heavy atom. The van der Waals surface area contributed by atoms with Gasteiger partial charge in [0.2, 0.25) is 0 Å². The van der Waals surface area contributed by atoms with Crippen LogP contribution in [-0.2, 0) is 13.0 Å². The molecule has 0 saturated heterocycles. The molecule has 33 heavy (non-hydrogen) atoms. The van der Waals surface area contributed by atoms with Gasteiger partial charge in [0.05, 0.1) is 19.2 Å². The minimum atomic E-state index is 0.681. The van der Waals surface area contributed by atoms with Crippen molar-refractivity contribution in [2.45, 2.75) is 13.0 Å². The SMILES string of the molecule is COc1ccccc1-c1nnc(Cc2ccccc2-c2ccccc2)n1Cc1ccccc1. The van der Waals surface area contributed by atoms with Crippen molar-refractivity contribution in [3.63, 3.8) is 0 Å². The van der Waals surface area contributed by atoms with Gasteiger partial charge in [-0.05, 0) is 34.4 Å². The Bertz CT molecular complexity index is 1340. The number of benzene rings is 4. The summed E-state index contributed by atoms with van der Waals surface area (Å²) < 4.78 is 7.83. The minimum absolute atomic E-state index is 0.681. The first-order valence-electron chi connectivity index (χ1n) is 11.1. The van der Waals surface area contributed by atoms with Gasteiger partial charge in [0.1, 0.15) is 11.6 Å². The molecular formula is C29H25N3O. The van der Waals surface area contributed by atoms with Crippen molar-refractivity contribution in [1.29, 1.82) is 0 Å². The van der Waals surface area contributed by atoms with E-state index in [9.17, 15) is 0 Å². The third kappa shape index (κ3) is 4.41. The van der Waals surface area contributed by atoms with Gasteiger partial charge in [-0.15, -0.1) is 10.2 Å². The second-order valence-electron chi connectivity index (χ2n) is 7.91. The Labute approximate surface area is 194 Å². The van der Waals surface area contributed by atoms with E-state index in [1.165, 1.54) is 22.3 Å². The predicted molar refractivity (Wildman–Crippen MR) is 132 cm³/mol. The molecule has 0 saturated carbocycles. The molecule has 0 fully saturated rings. The Morgan fingerprint density at radius 2 is 1.30 bits per heavy atom. The van der Waals surface area contributed by atoms with E-state index in [1.807, 2.05) is 36.4 Å². The summed E-state index contributed by atoms with van der Waals surface area (Å²) in [6, 6.07) is 37.4. The van der Waals surface area contributed by atoms with Crippen LogP contribution in [0.5, 0.6) is 5.75 Å². The fourth-order valence-corrected chi connectivity index (χ4v) is 4.17. The summed E-state index contributed by atoms with van der Waals surface area (Å²) in [5.74, 6) is 2.52. The van der Waals surface area contributed by atoms with Crippen molar-refractivity contribution < 1.29 is 4.74 Å². The zero-order valence-corrected chi connectivity index (χ0v) is 18.6. The smallest absolute Gasteiger partial charge is 0.168 e. The number of para-hydroxylation sites is 1. The molecule has 0 aliphatic heterocycles. The van der Waals surface area contributed by atoms with Gasteiger partial charge in [-0.2, -0.15) is 0 Å². The molecule has 0 unspecified atom stereocenters. The molecule has 0 bridgehead atoms. The van der Waals surface area contributed by atoms with E-state index in [-0.39, 0.29) is 0 Å². The molecule has 5 rings (SSSR count). The highest BCUT2D eigenvalue weighted by Gasteiger charge is 2.18. The molecule has 1 aromatic heterocycles. The third-order valence-corrected chi connectivity index (χ3v) is 5.81. The van der Waals surface area contributed by atoms with Gasteiger partial charge in [0, 0.05) is 6.42 Å². The van der Waals surface area contributed by atoms with Crippen LogP contribution in [0.15, 0.2) is 109 Å². The van der Waals surface area contributed by atoms with Gasteiger partial charge in [-0.25, -0.2) is 0 Å². The van der Waals surface area contributed by atoms with Crippen LogP contribution in [0.25, 0.3) is 22.5 Å². The Kier molecular flexibility index (Phi) is 5.98. The first-order chi connectivity index (χ1) is 16.3. The highest BCUT2D eigenvalue weighted by atomic mass is 16.5. The van der Waals surface area contributed by atoms with Crippen molar-refractivity contribution in [3.05, 3.63) is 126 Å². The second-order valence-corrected chi connectivity index (χ2v) is 7.91. The van der Waals surface area contributed by atoms with Crippen LogP contribution in [0.2, 0.25) is 0 Å². The second kappa shape index (κ2) is 9.53. The first kappa shape index (κ1) is 20.7. The quantitative estimate of drug-likeness (QED) is 0.305. The average Bonchev–Trinajstić information content (AvgIpc) is 3.27. The number of methoxy groups -OCH3 is 1. The number of ether oxygens (including phenoxy) is 1. The molecule has 5 aromatic rings. The number of rotatable bonds is 7. The van der Waals surface area contributed by atoms with Crippen LogP contribution in [0.1, 0.15) is 17.0 Å². The Morgan fingerprint density at radius 3 is 2.06 bits per heavy atom. The van der Waals surface area contributed by atoms with Crippen LogP contribution in [-0.4, -0.2) is 21.9 Å². The highest BCUT2D eigenvalue weighted by molar-refractivity contribution is 5.68. The van der Waals surface area contributed by atoms with Gasteiger partial charge in [-0.1, -0.05) is 97.1 Å². The van der Waals surface area contributed by atoms with E-state index in [0.717, 1.165) is 23.0 Å². The maximum Gasteiger partial charge on any atom is 0.168 e. The van der Waals surface area contributed by atoms with Crippen molar-refractivity contribution >= 4 is 0 Å². The van der Waals surface area contributed by atoms with E-state index in [1.54, 1.807) is 7.11 Å². The minimum Gasteiger partial charge on any atom is -0.496 e. The molecule has 162 valence electrons. The van der Waals surface area contributed by atoms with Gasteiger partial charge in [0.25, 0.3) is 0 Å². The summed E-state index contributed by atoms with van der Waals surface area (Å²) in [4.78, 5) is 0. The van der Waals surface area contributed by atoms with Crippen LogP contribution < -0.4 is 4.74 Å². The predicted octanol–water partition coefficient (Wildman–Crippen LogP) is 6.26. The maximum absolute atomic E-state index is 5.63. The lowest BCUT2D eigenvalue weighted by Crippen LogP contribution is -2.08. The molecule has 0 N–H and O–H groups in total. The lowest BCUT2D eigenvalue weighted by atomic mass is 9.97. The standard InChI is InChI=1S/C29H25N3O/c1-33-27-19-11-10-18-26(27)29-31-30-28(32(29)21-22-12-4-2-5-13-22)20-24-16-8-9-17-25(24)23-14-6-3-7-15-23/h2-19H,20-21H2,1H3. The van der Waals surface area contributed by atoms with E-state index < -0.39 is 0 Å². The molecule has 4 aromatic carbocycles. The van der Waals surface area contributed by atoms with E-state index in [0.29, 0.717) is 13.0 Å². The molecular weight excluding hydrogens is 406 g/mol. The van der Waals surface area contributed by atoms with Crippen LogP contribution in [0, 0.1) is 0 Å². The van der Waals surface area contributed by atoms with E-state index in [4.69, 9.17) is 4.74 Å². The van der Waals surface area contributed by atoms with Crippen molar-refractivity contribution in [2.24, 2.45) is 0 Å². The largest absolute Gasteiger partial charge is 0.496 e. The number of nitrogens with zero attached hydrogens (tertiary/aromatic N) is 3. The lowest BCUT2D eigenvalue weighted by molar-refractivity contribution is 0.416. The molecule has 1 heterocycles. The molecule has 0 aliphatic carbocycles. The number of hydrogen-bond acceptors (Lipinski definition) is 3. The van der Waals surface area contributed by atoms with Gasteiger partial charge in [0.15, 0.2) is 5.82 Å². The van der Waals surface area contributed by atoms with Crippen molar-refractivity contribution in [3.8, 4) is 28.3 Å². The number of hydrogen-bond donors (Lipinski definition) is 0. The molecule has 0 aliphatic rings. The van der Waals surface area contributed by atoms with Crippen molar-refractivity contribution in [2.75, 3.05) is 7.11 Å². The van der Waals surface area contributed by atoms with Gasteiger partial charge < -0.3 is 9.30 Å². The third-order valence-electron chi connectivity index (χ3n) is 5.81. The van der Waals surface area contributed by atoms with Gasteiger partial charge in [-0.3, -0.25) is 0 Å². The summed E-state index contributed by atoms with van der Waals surface area (Å²) in [7, 11) is 1.69. The Balaban J connectivity index is 1.60. The summed E-state index contributed by atoms with van der Waals surface area (Å²) >= 11 is 0. The zero-order valence-electron chi connectivity index (χ0n) is 18.6. The molecule has 4 nitrogen and oxygen atoms in total. The summed E-state index contributed by atoms with van der Waals surface area (Å²) in [5.41, 5.74) is 5.77. The first-order valence-corrected chi connectivity index (χ1v) is 11.1. The molecule has 0 radical (unpaired) electrons. The fraction of sp³-hybridized carbons (Fsp3) is 0.103. The molecule has 0 amide bonds. The highest BCUT2D eigenvalue weighted by Crippen LogP contribution is 2.31. The summed E-state index contributed by atoms with van der Waals surface area (Å²) in [6.45, 7) is 0.685. The monoisotopic (exact) mass is 431 g/mol. The summed E-state index contributed by atoms with van der Waals surface area (Å²) in [6.07, 6.45) is 0.681.